The summed E-state index contributed by atoms with van der Waals surface area (Å²) >= 11 is 6.01. The van der Waals surface area contributed by atoms with Gasteiger partial charge in [0.25, 0.3) is 0 Å². The third-order valence-corrected chi connectivity index (χ3v) is 7.74. The summed E-state index contributed by atoms with van der Waals surface area (Å²) in [6, 6.07) is 7.48. The predicted octanol–water partition coefficient (Wildman–Crippen LogP) is 4.04. The maximum Gasteiger partial charge on any atom is 0.230 e. The van der Waals surface area contributed by atoms with Gasteiger partial charge in [0.2, 0.25) is 5.91 Å². The van der Waals surface area contributed by atoms with Crippen LogP contribution in [0.25, 0.3) is 0 Å². The van der Waals surface area contributed by atoms with Crippen LogP contribution in [0, 0.1) is 5.92 Å². The van der Waals surface area contributed by atoms with Crippen molar-refractivity contribution < 1.29 is 13.2 Å². The van der Waals surface area contributed by atoms with Crippen LogP contribution in [0.3, 0.4) is 0 Å². The van der Waals surface area contributed by atoms with Crippen LogP contribution >= 0.6 is 11.6 Å². The van der Waals surface area contributed by atoms with E-state index in [1.165, 1.54) is 0 Å². The fourth-order valence-corrected chi connectivity index (χ4v) is 6.32. The van der Waals surface area contributed by atoms with Crippen LogP contribution < -0.4 is 0 Å². The van der Waals surface area contributed by atoms with Gasteiger partial charge in [-0.2, -0.15) is 0 Å². The van der Waals surface area contributed by atoms with E-state index in [-0.39, 0.29) is 41.3 Å². The molecule has 144 valence electrons. The van der Waals surface area contributed by atoms with Gasteiger partial charge in [0.05, 0.1) is 17.4 Å². The molecule has 1 saturated carbocycles. The molecule has 1 aromatic rings. The second kappa shape index (κ2) is 7.89. The van der Waals surface area contributed by atoms with E-state index in [9.17, 15) is 13.2 Å². The molecule has 1 amide bonds. The van der Waals surface area contributed by atoms with Gasteiger partial charge in [-0.3, -0.25) is 4.79 Å². The van der Waals surface area contributed by atoms with Crippen molar-refractivity contribution in [3.8, 4) is 0 Å². The highest BCUT2D eigenvalue weighted by molar-refractivity contribution is 7.91. The summed E-state index contributed by atoms with van der Waals surface area (Å²) in [6.07, 6.45) is 4.75. The van der Waals surface area contributed by atoms with Gasteiger partial charge in [-0.15, -0.1) is 0 Å². The van der Waals surface area contributed by atoms with Gasteiger partial charge < -0.3 is 4.90 Å². The molecule has 0 bridgehead atoms. The quantitative estimate of drug-likeness (QED) is 0.753. The van der Waals surface area contributed by atoms with Crippen LogP contribution in [0.1, 0.15) is 57.4 Å². The number of benzene rings is 1. The first-order chi connectivity index (χ1) is 12.3. The molecule has 4 nitrogen and oxygen atoms in total. The lowest BCUT2D eigenvalue weighted by Crippen LogP contribution is -2.49. The van der Waals surface area contributed by atoms with E-state index in [0.717, 1.165) is 31.2 Å². The smallest absolute Gasteiger partial charge is 0.230 e. The summed E-state index contributed by atoms with van der Waals surface area (Å²) in [6.45, 7) is 4.10. The lowest BCUT2D eigenvalue weighted by atomic mass is 9.86. The fraction of sp³-hybridized carbons (Fsp3) is 0.650. The molecule has 0 spiro atoms. The summed E-state index contributed by atoms with van der Waals surface area (Å²) in [5.74, 6) is 0.250. The molecule has 0 aromatic heterocycles. The lowest BCUT2D eigenvalue weighted by Gasteiger charge is -2.38. The summed E-state index contributed by atoms with van der Waals surface area (Å²) in [5.41, 5.74) is 0.957. The van der Waals surface area contributed by atoms with Crippen LogP contribution in [0.2, 0.25) is 5.02 Å². The Hall–Kier alpha value is -1.07. The van der Waals surface area contributed by atoms with Crippen molar-refractivity contribution in [1.82, 2.24) is 4.90 Å². The normalized spacial score (nSPS) is 24.1. The Morgan fingerprint density at radius 2 is 1.69 bits per heavy atom. The van der Waals surface area contributed by atoms with E-state index in [4.69, 9.17) is 11.6 Å². The van der Waals surface area contributed by atoms with Crippen molar-refractivity contribution in [2.75, 3.05) is 11.5 Å². The second-order valence-electron chi connectivity index (χ2n) is 8.01. The largest absolute Gasteiger partial charge is 0.335 e. The monoisotopic (exact) mass is 397 g/mol. The van der Waals surface area contributed by atoms with Crippen LogP contribution in [0.5, 0.6) is 0 Å². The number of carbonyl (C=O) groups excluding carboxylic acids is 1. The molecule has 1 aliphatic carbocycles. The molecule has 0 radical (unpaired) electrons. The predicted molar refractivity (Wildman–Crippen MR) is 105 cm³/mol. The second-order valence-corrected chi connectivity index (χ2v) is 10.7. The Kier molecular flexibility index (Phi) is 5.97. The van der Waals surface area contributed by atoms with Crippen molar-refractivity contribution in [3.05, 3.63) is 34.9 Å². The highest BCUT2D eigenvalue weighted by Gasteiger charge is 2.41. The molecule has 1 aliphatic heterocycles. The summed E-state index contributed by atoms with van der Waals surface area (Å²) < 4.78 is 24.1. The molecule has 1 heterocycles. The summed E-state index contributed by atoms with van der Waals surface area (Å²) in [5, 5.41) is 0.651. The highest BCUT2D eigenvalue weighted by Crippen LogP contribution is 2.35. The van der Waals surface area contributed by atoms with E-state index in [1.54, 1.807) is 0 Å². The van der Waals surface area contributed by atoms with E-state index in [0.29, 0.717) is 11.4 Å². The molecular formula is C20H28ClNO3S. The standard InChI is InChI=1S/C20H28ClNO3S/c1-14(2)19(15-7-9-16(21)10-8-15)20(23)22(17-5-3-4-6-17)18-11-12-26(24,25)13-18/h7-10,14,17-19H,3-6,11-13H2,1-2H3/t18-,19+/m0/s1. The average Bonchev–Trinajstić information content (AvgIpc) is 3.20. The van der Waals surface area contributed by atoms with Gasteiger partial charge in [0.15, 0.2) is 9.84 Å². The van der Waals surface area contributed by atoms with Gasteiger partial charge in [0, 0.05) is 17.1 Å². The number of carbonyl (C=O) groups is 1. The number of hydrogen-bond acceptors (Lipinski definition) is 3. The van der Waals surface area contributed by atoms with Crippen LogP contribution in [0.15, 0.2) is 24.3 Å². The van der Waals surface area contributed by atoms with Crippen molar-refractivity contribution in [3.63, 3.8) is 0 Å². The Morgan fingerprint density at radius 3 is 2.19 bits per heavy atom. The van der Waals surface area contributed by atoms with Crippen molar-refractivity contribution >= 4 is 27.3 Å². The van der Waals surface area contributed by atoms with Crippen molar-refractivity contribution in [2.45, 2.75) is 64.0 Å². The molecule has 2 aliphatic rings. The average molecular weight is 398 g/mol. The molecule has 0 unspecified atom stereocenters. The molecule has 6 heteroatoms. The minimum absolute atomic E-state index is 0.0799. The molecule has 2 fully saturated rings. The first-order valence-electron chi connectivity index (χ1n) is 9.56. The zero-order valence-electron chi connectivity index (χ0n) is 15.5. The Bertz CT molecular complexity index is 739. The van der Waals surface area contributed by atoms with Crippen LogP contribution in [0.4, 0.5) is 0 Å². The minimum Gasteiger partial charge on any atom is -0.335 e. The molecule has 0 N–H and O–H groups in total. The Labute approximate surface area is 161 Å². The molecule has 1 aromatic carbocycles. The van der Waals surface area contributed by atoms with Gasteiger partial charge in [-0.25, -0.2) is 8.42 Å². The van der Waals surface area contributed by atoms with Gasteiger partial charge >= 0.3 is 0 Å². The van der Waals surface area contributed by atoms with E-state index >= 15 is 0 Å². The number of sulfone groups is 1. The Balaban J connectivity index is 1.92. The highest BCUT2D eigenvalue weighted by atomic mass is 35.5. The molecule has 1 saturated heterocycles. The van der Waals surface area contributed by atoms with E-state index < -0.39 is 9.84 Å². The summed E-state index contributed by atoms with van der Waals surface area (Å²) in [7, 11) is -3.03. The van der Waals surface area contributed by atoms with Crippen molar-refractivity contribution in [1.29, 1.82) is 0 Å². The Morgan fingerprint density at radius 1 is 1.08 bits per heavy atom. The topological polar surface area (TPSA) is 54.5 Å². The van der Waals surface area contributed by atoms with Gasteiger partial charge in [-0.1, -0.05) is 50.4 Å². The van der Waals surface area contributed by atoms with Crippen molar-refractivity contribution in [2.24, 2.45) is 5.92 Å². The summed E-state index contributed by atoms with van der Waals surface area (Å²) in [4.78, 5) is 15.6. The lowest BCUT2D eigenvalue weighted by molar-refractivity contribution is -0.138. The maximum atomic E-state index is 13.7. The molecule has 26 heavy (non-hydrogen) atoms. The number of rotatable bonds is 5. The SMILES string of the molecule is CC(C)[C@@H](C(=O)N(C1CCCC1)[C@H]1CCS(=O)(=O)C1)c1ccc(Cl)cc1. The first-order valence-corrected chi connectivity index (χ1v) is 11.8. The maximum absolute atomic E-state index is 13.7. The number of halogens is 1. The van der Waals surface area contributed by atoms with Crippen LogP contribution in [-0.4, -0.2) is 42.8 Å². The number of hydrogen-bond donors (Lipinski definition) is 0. The first kappa shape index (κ1) is 19.7. The molecule has 3 rings (SSSR count). The number of amides is 1. The third kappa shape index (κ3) is 4.25. The zero-order chi connectivity index (χ0) is 18.9. The van der Waals surface area contributed by atoms with Crippen LogP contribution in [-0.2, 0) is 14.6 Å². The number of nitrogens with zero attached hydrogens (tertiary/aromatic N) is 1. The van der Waals surface area contributed by atoms with Gasteiger partial charge in [0.1, 0.15) is 0 Å². The van der Waals surface area contributed by atoms with E-state index in [1.807, 2.05) is 29.2 Å². The van der Waals surface area contributed by atoms with E-state index in [2.05, 4.69) is 13.8 Å². The molecular weight excluding hydrogens is 370 g/mol. The zero-order valence-corrected chi connectivity index (χ0v) is 17.1. The molecule has 2 atom stereocenters. The minimum atomic E-state index is -3.03. The third-order valence-electron chi connectivity index (χ3n) is 5.74. The fourth-order valence-electron chi connectivity index (χ4n) is 4.48. The van der Waals surface area contributed by atoms with Gasteiger partial charge in [-0.05, 0) is 42.9 Å².